The molecule has 1 aliphatic rings. The van der Waals surface area contributed by atoms with Crippen molar-refractivity contribution < 1.29 is 18.7 Å². The highest BCUT2D eigenvalue weighted by Gasteiger charge is 2.31. The van der Waals surface area contributed by atoms with E-state index in [1.807, 2.05) is 19.1 Å². The molecule has 2 aromatic heterocycles. The van der Waals surface area contributed by atoms with Crippen LogP contribution in [-0.2, 0) is 9.53 Å². The van der Waals surface area contributed by atoms with Gasteiger partial charge in [0.1, 0.15) is 17.1 Å². The number of piperidine rings is 1. The summed E-state index contributed by atoms with van der Waals surface area (Å²) in [6.45, 7) is 4.92. The van der Waals surface area contributed by atoms with Crippen molar-refractivity contribution in [2.75, 3.05) is 19.7 Å². The molecular weight excluding hydrogens is 453 g/mol. The maximum Gasteiger partial charge on any atom is 0.309 e. The van der Waals surface area contributed by atoms with Crippen LogP contribution in [0.5, 0.6) is 0 Å². The fraction of sp³-hybridized carbons (Fsp3) is 0.348. The summed E-state index contributed by atoms with van der Waals surface area (Å²) in [6, 6.07) is 10.4. The van der Waals surface area contributed by atoms with E-state index in [0.29, 0.717) is 65.4 Å². The van der Waals surface area contributed by atoms with Crippen LogP contribution in [0.25, 0.3) is 17.1 Å². The number of carbonyl (C=O) groups is 2. The van der Waals surface area contributed by atoms with E-state index in [-0.39, 0.29) is 17.8 Å². The highest BCUT2D eigenvalue weighted by Crippen LogP contribution is 2.29. The number of aryl methyl sites for hydroxylation is 1. The van der Waals surface area contributed by atoms with E-state index in [1.54, 1.807) is 40.8 Å². The molecule has 0 radical (unpaired) electrons. The number of ether oxygens (including phenoxy) is 1. The van der Waals surface area contributed by atoms with E-state index < -0.39 is 0 Å². The Balaban J connectivity index is 1.64. The van der Waals surface area contributed by atoms with Gasteiger partial charge in [-0.3, -0.25) is 9.59 Å². The molecule has 3 heterocycles. The zero-order valence-electron chi connectivity index (χ0n) is 17.8. The minimum absolute atomic E-state index is 0.180. The van der Waals surface area contributed by atoms with Crippen LogP contribution >= 0.6 is 23.2 Å². The van der Waals surface area contributed by atoms with Gasteiger partial charge in [-0.2, -0.15) is 5.10 Å². The number of halogens is 2. The average molecular weight is 476 g/mol. The second-order valence-corrected chi connectivity index (χ2v) is 8.47. The van der Waals surface area contributed by atoms with E-state index >= 15 is 0 Å². The molecule has 0 spiro atoms. The van der Waals surface area contributed by atoms with Crippen molar-refractivity contribution in [1.82, 2.24) is 14.7 Å². The van der Waals surface area contributed by atoms with Gasteiger partial charge >= 0.3 is 5.97 Å². The third-order valence-electron chi connectivity index (χ3n) is 5.47. The molecule has 1 amide bonds. The van der Waals surface area contributed by atoms with Crippen molar-refractivity contribution in [2.24, 2.45) is 5.92 Å². The summed E-state index contributed by atoms with van der Waals surface area (Å²) in [5.41, 5.74) is 1.52. The number of likely N-dealkylation sites (tertiary alicyclic amines) is 1. The van der Waals surface area contributed by atoms with Crippen LogP contribution in [0.15, 0.2) is 40.8 Å². The number of aromatic nitrogens is 2. The first-order valence-corrected chi connectivity index (χ1v) is 11.2. The van der Waals surface area contributed by atoms with Gasteiger partial charge in [-0.25, -0.2) is 4.68 Å². The summed E-state index contributed by atoms with van der Waals surface area (Å²) < 4.78 is 12.4. The molecule has 32 heavy (non-hydrogen) atoms. The van der Waals surface area contributed by atoms with Crippen LogP contribution in [0, 0.1) is 12.8 Å². The lowest BCUT2D eigenvalue weighted by Gasteiger charge is -2.30. The largest absolute Gasteiger partial charge is 0.466 e. The van der Waals surface area contributed by atoms with Crippen molar-refractivity contribution in [3.05, 3.63) is 57.9 Å². The first-order chi connectivity index (χ1) is 15.4. The SMILES string of the molecule is CCOC(=O)C1CCN(C(=O)c2cc(-c3ccc(C)o3)nn2-c2ccc(Cl)c(Cl)c2)CC1. The normalized spacial score (nSPS) is 14.6. The third kappa shape index (κ3) is 4.54. The molecule has 1 aliphatic heterocycles. The van der Waals surface area contributed by atoms with Gasteiger partial charge < -0.3 is 14.1 Å². The molecule has 1 aromatic carbocycles. The number of rotatable bonds is 5. The Kier molecular flexibility index (Phi) is 6.58. The Hall–Kier alpha value is -2.77. The van der Waals surface area contributed by atoms with Gasteiger partial charge in [0.05, 0.1) is 28.3 Å². The minimum atomic E-state index is -0.198. The highest BCUT2D eigenvalue weighted by molar-refractivity contribution is 6.42. The fourth-order valence-electron chi connectivity index (χ4n) is 3.78. The van der Waals surface area contributed by atoms with Gasteiger partial charge in [0, 0.05) is 19.2 Å². The standard InChI is InChI=1S/C23H23Cl2N3O4/c1-3-31-23(30)15-8-10-27(11-9-15)22(29)20-13-19(21-7-4-14(2)32-21)26-28(20)16-5-6-17(24)18(25)12-16/h4-7,12-13,15H,3,8-11H2,1-2H3. The van der Waals surface area contributed by atoms with Crippen molar-refractivity contribution in [3.63, 3.8) is 0 Å². The number of amides is 1. The van der Waals surface area contributed by atoms with E-state index in [1.165, 1.54) is 0 Å². The van der Waals surface area contributed by atoms with Crippen molar-refractivity contribution >= 4 is 35.1 Å². The molecule has 9 heteroatoms. The van der Waals surface area contributed by atoms with E-state index in [2.05, 4.69) is 5.10 Å². The van der Waals surface area contributed by atoms with Gasteiger partial charge in [-0.05, 0) is 57.0 Å². The predicted octanol–water partition coefficient (Wildman–Crippen LogP) is 5.16. The van der Waals surface area contributed by atoms with Crippen LogP contribution in [-0.4, -0.2) is 46.3 Å². The van der Waals surface area contributed by atoms with Gasteiger partial charge in [0.2, 0.25) is 0 Å². The molecule has 7 nitrogen and oxygen atoms in total. The number of benzene rings is 1. The Morgan fingerprint density at radius 3 is 2.50 bits per heavy atom. The lowest BCUT2D eigenvalue weighted by atomic mass is 9.97. The summed E-state index contributed by atoms with van der Waals surface area (Å²) in [5.74, 6) is 0.756. The molecule has 0 saturated carbocycles. The molecule has 0 N–H and O–H groups in total. The number of nitrogens with zero attached hydrogens (tertiary/aromatic N) is 3. The zero-order chi connectivity index (χ0) is 22.8. The molecule has 0 bridgehead atoms. The molecule has 1 saturated heterocycles. The summed E-state index contributed by atoms with van der Waals surface area (Å²) in [4.78, 5) is 27.2. The molecule has 168 valence electrons. The predicted molar refractivity (Wildman–Crippen MR) is 121 cm³/mol. The molecule has 3 aromatic rings. The fourth-order valence-corrected chi connectivity index (χ4v) is 4.07. The van der Waals surface area contributed by atoms with Crippen LogP contribution in [0.1, 0.15) is 36.0 Å². The third-order valence-corrected chi connectivity index (χ3v) is 6.21. The quantitative estimate of drug-likeness (QED) is 0.476. The molecule has 1 fully saturated rings. The summed E-state index contributed by atoms with van der Waals surface area (Å²) >= 11 is 12.3. The number of esters is 1. The molecule has 0 unspecified atom stereocenters. The topological polar surface area (TPSA) is 77.6 Å². The molecule has 0 aliphatic carbocycles. The van der Waals surface area contributed by atoms with Crippen molar-refractivity contribution in [1.29, 1.82) is 0 Å². The second kappa shape index (κ2) is 9.38. The van der Waals surface area contributed by atoms with Crippen LogP contribution < -0.4 is 0 Å². The molecule has 0 atom stereocenters. The number of hydrogen-bond acceptors (Lipinski definition) is 5. The van der Waals surface area contributed by atoms with E-state index in [0.717, 1.165) is 5.76 Å². The minimum Gasteiger partial charge on any atom is -0.466 e. The van der Waals surface area contributed by atoms with Crippen LogP contribution in [0.4, 0.5) is 0 Å². The van der Waals surface area contributed by atoms with Gasteiger partial charge in [0.25, 0.3) is 5.91 Å². The van der Waals surface area contributed by atoms with Gasteiger partial charge in [-0.1, -0.05) is 23.2 Å². The second-order valence-electron chi connectivity index (χ2n) is 7.65. The lowest BCUT2D eigenvalue weighted by molar-refractivity contribution is -0.149. The average Bonchev–Trinajstić information content (AvgIpc) is 3.42. The Morgan fingerprint density at radius 1 is 1.12 bits per heavy atom. The maximum atomic E-state index is 13.5. The summed E-state index contributed by atoms with van der Waals surface area (Å²) in [5, 5.41) is 5.40. The highest BCUT2D eigenvalue weighted by atomic mass is 35.5. The molecule has 4 rings (SSSR count). The van der Waals surface area contributed by atoms with Crippen molar-refractivity contribution in [3.8, 4) is 17.1 Å². The lowest BCUT2D eigenvalue weighted by Crippen LogP contribution is -2.41. The van der Waals surface area contributed by atoms with Crippen LogP contribution in [0.2, 0.25) is 10.0 Å². The van der Waals surface area contributed by atoms with Crippen molar-refractivity contribution in [2.45, 2.75) is 26.7 Å². The van der Waals surface area contributed by atoms with Crippen LogP contribution in [0.3, 0.4) is 0 Å². The number of carbonyl (C=O) groups excluding carboxylic acids is 2. The Bertz CT molecular complexity index is 1150. The smallest absolute Gasteiger partial charge is 0.309 e. The van der Waals surface area contributed by atoms with E-state index in [9.17, 15) is 9.59 Å². The van der Waals surface area contributed by atoms with Gasteiger partial charge in [-0.15, -0.1) is 0 Å². The maximum absolute atomic E-state index is 13.5. The Labute approximate surface area is 195 Å². The first kappa shape index (κ1) is 22.4. The number of furan rings is 1. The monoisotopic (exact) mass is 475 g/mol. The summed E-state index contributed by atoms with van der Waals surface area (Å²) in [7, 11) is 0. The zero-order valence-corrected chi connectivity index (χ0v) is 19.3. The summed E-state index contributed by atoms with van der Waals surface area (Å²) in [6.07, 6.45) is 1.13. The Morgan fingerprint density at radius 2 is 1.88 bits per heavy atom. The molecular formula is C23H23Cl2N3O4. The van der Waals surface area contributed by atoms with E-state index in [4.69, 9.17) is 32.4 Å². The first-order valence-electron chi connectivity index (χ1n) is 10.5. The number of hydrogen-bond donors (Lipinski definition) is 0. The van der Waals surface area contributed by atoms with Gasteiger partial charge in [0.15, 0.2) is 5.76 Å².